The normalized spacial score (nSPS) is 13.4. The number of nitrogens with one attached hydrogen (secondary N) is 2. The first kappa shape index (κ1) is 20.7. The number of carbonyl (C=O) groups excluding carboxylic acids is 2. The highest BCUT2D eigenvalue weighted by atomic mass is 19.3. The smallest absolute Gasteiger partial charge is 0.280 e. The lowest BCUT2D eigenvalue weighted by Crippen LogP contribution is -2.21. The lowest BCUT2D eigenvalue weighted by molar-refractivity contribution is -0.117. The Labute approximate surface area is 177 Å². The molecule has 0 unspecified atom stereocenters. The Bertz CT molecular complexity index is 1100. The molecule has 162 valence electrons. The fourth-order valence-electron chi connectivity index (χ4n) is 3.32. The van der Waals surface area contributed by atoms with Crippen LogP contribution in [0.4, 0.5) is 20.2 Å². The van der Waals surface area contributed by atoms with Gasteiger partial charge in [-0.2, -0.15) is 10.2 Å². The van der Waals surface area contributed by atoms with Crippen LogP contribution < -0.4 is 10.6 Å². The molecule has 0 bridgehead atoms. The molecule has 4 rings (SSSR count). The van der Waals surface area contributed by atoms with Crippen LogP contribution in [0.5, 0.6) is 0 Å². The largest absolute Gasteiger partial charge is 0.324 e. The molecule has 2 N–H and O–H groups in total. The van der Waals surface area contributed by atoms with Crippen LogP contribution in [0.2, 0.25) is 0 Å². The van der Waals surface area contributed by atoms with Gasteiger partial charge in [0.1, 0.15) is 17.9 Å². The second-order valence-corrected chi connectivity index (χ2v) is 7.34. The Balaban J connectivity index is 1.42. The molecular weight excluding hydrogens is 406 g/mol. The molecule has 1 aliphatic rings. The number of carbonyl (C=O) groups is 2. The average molecular weight is 428 g/mol. The average Bonchev–Trinajstić information content (AvgIpc) is 3.31. The third-order valence-corrected chi connectivity index (χ3v) is 5.00. The molecule has 0 saturated heterocycles. The first-order valence-electron chi connectivity index (χ1n) is 10.0. The second kappa shape index (κ2) is 8.66. The van der Waals surface area contributed by atoms with Crippen LogP contribution in [-0.2, 0) is 17.9 Å². The van der Waals surface area contributed by atoms with Crippen LogP contribution in [-0.4, -0.2) is 31.4 Å². The quantitative estimate of drug-likeness (QED) is 0.571. The molecule has 8 nitrogen and oxygen atoms in total. The third kappa shape index (κ3) is 4.79. The van der Waals surface area contributed by atoms with Gasteiger partial charge in [-0.25, -0.2) is 8.78 Å². The highest BCUT2D eigenvalue weighted by Crippen LogP contribution is 2.40. The Hall–Kier alpha value is -3.56. The van der Waals surface area contributed by atoms with Gasteiger partial charge in [0.2, 0.25) is 5.91 Å². The van der Waals surface area contributed by atoms with Crippen molar-refractivity contribution in [1.82, 2.24) is 19.6 Å². The minimum Gasteiger partial charge on any atom is -0.324 e. The van der Waals surface area contributed by atoms with E-state index in [2.05, 4.69) is 20.8 Å². The highest BCUT2D eigenvalue weighted by molar-refractivity contribution is 6.03. The molecule has 0 atom stereocenters. The molecule has 1 saturated carbocycles. The van der Waals surface area contributed by atoms with Gasteiger partial charge in [0.05, 0.1) is 5.69 Å². The van der Waals surface area contributed by atoms with Gasteiger partial charge in [0, 0.05) is 30.0 Å². The van der Waals surface area contributed by atoms with Crippen LogP contribution in [0, 0.1) is 0 Å². The van der Waals surface area contributed by atoms with Crippen LogP contribution in [0.3, 0.4) is 0 Å². The zero-order valence-electron chi connectivity index (χ0n) is 16.9. The van der Waals surface area contributed by atoms with Crippen molar-refractivity contribution in [2.24, 2.45) is 0 Å². The molecule has 2 heterocycles. The monoisotopic (exact) mass is 428 g/mol. The lowest BCUT2D eigenvalue weighted by Gasteiger charge is -2.10. The van der Waals surface area contributed by atoms with Crippen molar-refractivity contribution in [3.8, 4) is 0 Å². The standard InChI is InChI=1S/C21H22F2N6O2/c1-2-28-17(8-9-24-28)21(31)26-15-5-3-4-14(10-15)25-19(30)12-29-18(20(22)23)11-16(27-29)13-6-7-13/h3-5,8-11,13,20H,2,6-7,12H2,1H3,(H,25,30)(H,26,31). The summed E-state index contributed by atoms with van der Waals surface area (Å²) in [6.07, 6.45) is 0.711. The Morgan fingerprint density at radius 3 is 2.55 bits per heavy atom. The molecular formula is C21H22F2N6O2. The Morgan fingerprint density at radius 2 is 1.87 bits per heavy atom. The zero-order valence-corrected chi connectivity index (χ0v) is 16.9. The van der Waals surface area contributed by atoms with Crippen molar-refractivity contribution in [3.05, 3.63) is 59.7 Å². The van der Waals surface area contributed by atoms with Gasteiger partial charge in [-0.1, -0.05) is 6.07 Å². The summed E-state index contributed by atoms with van der Waals surface area (Å²) in [7, 11) is 0. The van der Waals surface area contributed by atoms with E-state index in [1.54, 1.807) is 41.2 Å². The maximum Gasteiger partial charge on any atom is 0.280 e. The lowest BCUT2D eigenvalue weighted by atomic mass is 10.2. The van der Waals surface area contributed by atoms with E-state index < -0.39 is 12.3 Å². The van der Waals surface area contributed by atoms with Crippen LogP contribution in [0.15, 0.2) is 42.6 Å². The van der Waals surface area contributed by atoms with Gasteiger partial charge in [-0.05, 0) is 50.1 Å². The summed E-state index contributed by atoms with van der Waals surface area (Å²) in [4.78, 5) is 24.9. The maximum atomic E-state index is 13.3. The fraction of sp³-hybridized carbons (Fsp3) is 0.333. The van der Waals surface area contributed by atoms with E-state index in [4.69, 9.17) is 0 Å². The van der Waals surface area contributed by atoms with Crippen molar-refractivity contribution in [2.45, 2.75) is 45.2 Å². The molecule has 1 aliphatic carbocycles. The number of halogens is 2. The summed E-state index contributed by atoms with van der Waals surface area (Å²) >= 11 is 0. The van der Waals surface area contributed by atoms with Crippen molar-refractivity contribution >= 4 is 23.2 Å². The molecule has 31 heavy (non-hydrogen) atoms. The van der Waals surface area contributed by atoms with E-state index in [-0.39, 0.29) is 24.1 Å². The molecule has 0 spiro atoms. The molecule has 0 radical (unpaired) electrons. The maximum absolute atomic E-state index is 13.3. The SMILES string of the molecule is CCn1nccc1C(=O)Nc1cccc(NC(=O)Cn2nc(C3CC3)cc2C(F)F)c1. The number of hydrogen-bond acceptors (Lipinski definition) is 4. The summed E-state index contributed by atoms with van der Waals surface area (Å²) in [5.74, 6) is -0.598. The molecule has 0 aliphatic heterocycles. The predicted octanol–water partition coefficient (Wildman–Crippen LogP) is 3.81. The number of benzene rings is 1. The van der Waals surface area contributed by atoms with Crippen LogP contribution in [0.25, 0.3) is 0 Å². The number of rotatable bonds is 8. The third-order valence-electron chi connectivity index (χ3n) is 5.00. The summed E-state index contributed by atoms with van der Waals surface area (Å²) in [5.41, 5.74) is 1.68. The molecule has 1 aromatic carbocycles. The van der Waals surface area contributed by atoms with Gasteiger partial charge in [0.25, 0.3) is 12.3 Å². The van der Waals surface area contributed by atoms with E-state index in [0.29, 0.717) is 29.3 Å². The summed E-state index contributed by atoms with van der Waals surface area (Å²) in [5, 5.41) is 13.7. The molecule has 2 amide bonds. The number of aryl methyl sites for hydroxylation is 1. The van der Waals surface area contributed by atoms with E-state index in [0.717, 1.165) is 17.5 Å². The first-order valence-corrected chi connectivity index (χ1v) is 10.0. The fourth-order valence-corrected chi connectivity index (χ4v) is 3.32. The molecule has 1 fully saturated rings. The molecule has 2 aromatic heterocycles. The number of hydrogen-bond donors (Lipinski definition) is 2. The predicted molar refractivity (Wildman–Crippen MR) is 110 cm³/mol. The Morgan fingerprint density at radius 1 is 1.13 bits per heavy atom. The van der Waals surface area contributed by atoms with Gasteiger partial charge < -0.3 is 10.6 Å². The van der Waals surface area contributed by atoms with E-state index in [9.17, 15) is 18.4 Å². The summed E-state index contributed by atoms with van der Waals surface area (Å²) < 4.78 is 29.2. The van der Waals surface area contributed by atoms with E-state index >= 15 is 0 Å². The number of aromatic nitrogens is 4. The number of nitrogens with zero attached hydrogens (tertiary/aromatic N) is 4. The van der Waals surface area contributed by atoms with Gasteiger partial charge in [0.15, 0.2) is 0 Å². The summed E-state index contributed by atoms with van der Waals surface area (Å²) in [6.45, 7) is 2.12. The zero-order chi connectivity index (χ0) is 22.0. The minimum atomic E-state index is -2.71. The Kier molecular flexibility index (Phi) is 5.79. The summed E-state index contributed by atoms with van der Waals surface area (Å²) in [6, 6.07) is 9.60. The number of amides is 2. The minimum absolute atomic E-state index is 0.214. The number of alkyl halides is 2. The topological polar surface area (TPSA) is 93.8 Å². The van der Waals surface area contributed by atoms with E-state index in [1.165, 1.54) is 6.07 Å². The first-order chi connectivity index (χ1) is 14.9. The molecule has 10 heteroatoms. The molecule has 3 aromatic rings. The highest BCUT2D eigenvalue weighted by Gasteiger charge is 2.29. The second-order valence-electron chi connectivity index (χ2n) is 7.34. The van der Waals surface area contributed by atoms with Gasteiger partial charge >= 0.3 is 0 Å². The van der Waals surface area contributed by atoms with Crippen molar-refractivity contribution < 1.29 is 18.4 Å². The van der Waals surface area contributed by atoms with Crippen LogP contribution in [0.1, 0.15) is 54.0 Å². The van der Waals surface area contributed by atoms with Crippen LogP contribution >= 0.6 is 0 Å². The van der Waals surface area contributed by atoms with Crippen molar-refractivity contribution in [3.63, 3.8) is 0 Å². The van der Waals surface area contributed by atoms with Gasteiger partial charge in [-0.15, -0.1) is 0 Å². The van der Waals surface area contributed by atoms with E-state index in [1.807, 2.05) is 6.92 Å². The van der Waals surface area contributed by atoms with Crippen molar-refractivity contribution in [1.29, 1.82) is 0 Å². The van der Waals surface area contributed by atoms with Crippen molar-refractivity contribution in [2.75, 3.05) is 10.6 Å². The number of anilines is 2. The van der Waals surface area contributed by atoms with Gasteiger partial charge in [-0.3, -0.25) is 19.0 Å².